The summed E-state index contributed by atoms with van der Waals surface area (Å²) in [4.78, 5) is 4.24. The molecule has 1 atom stereocenters. The van der Waals surface area contributed by atoms with Gasteiger partial charge in [0.25, 0.3) is 0 Å². The number of nitrogen functional groups attached to an aromatic ring is 1. The van der Waals surface area contributed by atoms with Crippen LogP contribution in [0.1, 0.15) is 18.1 Å². The third-order valence-corrected chi connectivity index (χ3v) is 5.83. The van der Waals surface area contributed by atoms with Gasteiger partial charge in [0.15, 0.2) is 0 Å². The number of nitrogens with zero attached hydrogens (tertiary/aromatic N) is 2. The molecule has 4 rings (SSSR count). The van der Waals surface area contributed by atoms with Gasteiger partial charge in [0, 0.05) is 17.5 Å². The average molecular weight is 440 g/mol. The maximum atomic E-state index is 13.2. The molecule has 160 valence electrons. The highest BCUT2D eigenvalue weighted by atomic mass is 32.2. The third kappa shape index (κ3) is 4.36. The number of anilines is 2. The van der Waals surface area contributed by atoms with Gasteiger partial charge in [-0.2, -0.15) is 5.10 Å². The summed E-state index contributed by atoms with van der Waals surface area (Å²) in [6.45, 7) is 3.97. The van der Waals surface area contributed by atoms with Gasteiger partial charge < -0.3 is 15.2 Å². The van der Waals surface area contributed by atoms with Crippen LogP contribution in [0.4, 0.5) is 15.9 Å². The van der Waals surface area contributed by atoms with Gasteiger partial charge in [-0.15, -0.1) is 0 Å². The van der Waals surface area contributed by atoms with E-state index < -0.39 is 11.0 Å². The summed E-state index contributed by atoms with van der Waals surface area (Å²) in [7, 11) is -1.24. The van der Waals surface area contributed by atoms with Crippen LogP contribution in [0.15, 0.2) is 48.7 Å². The van der Waals surface area contributed by atoms with Crippen molar-refractivity contribution < 1.29 is 13.3 Å². The molecule has 2 aromatic carbocycles. The molecular formula is C22H22FN5O2S. The smallest absolute Gasteiger partial charge is 0.144 e. The number of ether oxygens (including phenoxy) is 1. The maximum Gasteiger partial charge on any atom is 0.144 e. The Labute approximate surface area is 181 Å². The Kier molecular flexibility index (Phi) is 5.85. The van der Waals surface area contributed by atoms with Gasteiger partial charge in [0.1, 0.15) is 40.5 Å². The molecule has 2 aromatic heterocycles. The lowest BCUT2D eigenvalue weighted by molar-refractivity contribution is 0.308. The van der Waals surface area contributed by atoms with Gasteiger partial charge in [-0.3, -0.25) is 5.10 Å². The maximum absolute atomic E-state index is 13.2. The molecule has 4 N–H and O–H groups in total. The Morgan fingerprint density at radius 3 is 2.74 bits per heavy atom. The van der Waals surface area contributed by atoms with Crippen LogP contribution in [-0.2, 0) is 17.6 Å². The number of rotatable bonds is 7. The summed E-state index contributed by atoms with van der Waals surface area (Å²) in [6.07, 6.45) is 1.69. The lowest BCUT2D eigenvalue weighted by Crippen LogP contribution is -2.08. The molecule has 0 aliphatic heterocycles. The fraction of sp³-hybridized carbons (Fsp3) is 0.182. The number of nitrogens with two attached hydrogens (primary N) is 1. The first-order chi connectivity index (χ1) is 15.0. The Morgan fingerprint density at radius 2 is 2.00 bits per heavy atom. The van der Waals surface area contributed by atoms with E-state index in [1.54, 1.807) is 24.4 Å². The summed E-state index contributed by atoms with van der Waals surface area (Å²) < 4.78 is 34.2. The van der Waals surface area contributed by atoms with E-state index in [4.69, 9.17) is 10.5 Å². The molecule has 1 unspecified atom stereocenters. The number of fused-ring (bicyclic) bond motifs is 1. The molecule has 0 amide bonds. The minimum Gasteiger partial charge on any atom is -0.487 e. The van der Waals surface area contributed by atoms with Crippen LogP contribution in [0.2, 0.25) is 0 Å². The van der Waals surface area contributed by atoms with Crippen molar-refractivity contribution in [2.45, 2.75) is 20.5 Å². The molecule has 0 aliphatic rings. The van der Waals surface area contributed by atoms with Gasteiger partial charge in [-0.05, 0) is 42.3 Å². The summed E-state index contributed by atoms with van der Waals surface area (Å²) in [5.74, 6) is 1.03. The number of aromatic amines is 1. The van der Waals surface area contributed by atoms with Crippen molar-refractivity contribution in [1.82, 2.24) is 15.2 Å². The monoisotopic (exact) mass is 439 g/mol. The predicted octanol–water partition coefficient (Wildman–Crippen LogP) is 4.33. The molecule has 2 heterocycles. The van der Waals surface area contributed by atoms with Gasteiger partial charge in [0.2, 0.25) is 0 Å². The number of aromatic nitrogens is 3. The van der Waals surface area contributed by atoms with Crippen molar-refractivity contribution in [2.24, 2.45) is 0 Å². The molecular weight excluding hydrogens is 417 g/mol. The number of nitrogens with one attached hydrogen (secondary N) is 2. The lowest BCUT2D eigenvalue weighted by atomic mass is 10.1. The first kappa shape index (κ1) is 20.8. The summed E-state index contributed by atoms with van der Waals surface area (Å²) >= 11 is 0. The number of pyridine rings is 1. The number of hydrogen-bond acceptors (Lipinski definition) is 5. The normalized spacial score (nSPS) is 12.1. The van der Waals surface area contributed by atoms with E-state index in [9.17, 15) is 8.60 Å². The summed E-state index contributed by atoms with van der Waals surface area (Å²) in [6, 6.07) is 11.6. The zero-order chi connectivity index (χ0) is 22.0. The second-order valence-electron chi connectivity index (χ2n) is 7.01. The van der Waals surface area contributed by atoms with E-state index in [0.717, 1.165) is 33.3 Å². The van der Waals surface area contributed by atoms with Crippen molar-refractivity contribution in [3.05, 3.63) is 65.6 Å². The van der Waals surface area contributed by atoms with Crippen LogP contribution < -0.4 is 15.2 Å². The van der Waals surface area contributed by atoms with E-state index >= 15 is 0 Å². The second-order valence-corrected chi connectivity index (χ2v) is 8.48. The van der Waals surface area contributed by atoms with Crippen molar-refractivity contribution in [1.29, 1.82) is 0 Å². The zero-order valence-electron chi connectivity index (χ0n) is 17.1. The molecule has 0 saturated heterocycles. The van der Waals surface area contributed by atoms with Crippen molar-refractivity contribution in [3.63, 3.8) is 0 Å². The second kappa shape index (κ2) is 8.73. The van der Waals surface area contributed by atoms with E-state index in [2.05, 4.69) is 19.9 Å². The topological polar surface area (TPSA) is 106 Å². The van der Waals surface area contributed by atoms with Crippen LogP contribution in [0.25, 0.3) is 22.2 Å². The highest BCUT2D eigenvalue weighted by Crippen LogP contribution is 2.36. The number of hydrogen-bond donors (Lipinski definition) is 3. The van der Waals surface area contributed by atoms with E-state index in [0.29, 0.717) is 23.0 Å². The van der Waals surface area contributed by atoms with Crippen LogP contribution >= 0.6 is 0 Å². The average Bonchev–Trinajstić information content (AvgIpc) is 3.23. The zero-order valence-corrected chi connectivity index (χ0v) is 17.9. The molecule has 0 radical (unpaired) electrons. The van der Waals surface area contributed by atoms with Crippen molar-refractivity contribution in [3.8, 4) is 17.0 Å². The van der Waals surface area contributed by atoms with E-state index in [-0.39, 0.29) is 12.4 Å². The molecule has 7 nitrogen and oxygen atoms in total. The highest BCUT2D eigenvalue weighted by molar-refractivity contribution is 7.86. The fourth-order valence-electron chi connectivity index (χ4n) is 3.20. The van der Waals surface area contributed by atoms with E-state index in [1.165, 1.54) is 12.1 Å². The van der Waals surface area contributed by atoms with Gasteiger partial charge in [0.05, 0.1) is 16.8 Å². The molecule has 4 aromatic rings. The quantitative estimate of drug-likeness (QED) is 0.397. The van der Waals surface area contributed by atoms with Gasteiger partial charge in [-0.1, -0.05) is 25.1 Å². The molecule has 0 saturated carbocycles. The molecule has 31 heavy (non-hydrogen) atoms. The molecule has 0 spiro atoms. The Bertz CT molecular complexity index is 1260. The minimum atomic E-state index is -1.24. The number of H-pyrrole nitrogens is 1. The third-order valence-electron chi connectivity index (χ3n) is 4.86. The summed E-state index contributed by atoms with van der Waals surface area (Å²) in [5, 5.41) is 8.17. The largest absolute Gasteiger partial charge is 0.487 e. The van der Waals surface area contributed by atoms with Gasteiger partial charge >= 0.3 is 0 Å². The first-order valence-electron chi connectivity index (χ1n) is 9.72. The standard InChI is InChI=1S/C22H22FN5O2S/c1-3-31(29)28-17-9-6-15(10-18(17)30-12-14-4-7-16(23)8-5-14)21-19-20(26-27-21)13(2)11-25-22(19)24/h4-11,28H,3,12H2,1-2H3,(H2,24,25)(H,26,27). The van der Waals surface area contributed by atoms with E-state index in [1.807, 2.05) is 26.0 Å². The number of halogens is 1. The van der Waals surface area contributed by atoms with Crippen LogP contribution in [-0.4, -0.2) is 25.1 Å². The van der Waals surface area contributed by atoms with Crippen molar-refractivity contribution in [2.75, 3.05) is 16.2 Å². The van der Waals surface area contributed by atoms with Crippen LogP contribution in [0, 0.1) is 12.7 Å². The fourth-order valence-corrected chi connectivity index (χ4v) is 3.75. The summed E-state index contributed by atoms with van der Waals surface area (Å²) in [5.41, 5.74) is 10.7. The molecule has 0 fully saturated rings. The molecule has 9 heteroatoms. The van der Waals surface area contributed by atoms with Gasteiger partial charge in [-0.25, -0.2) is 13.6 Å². The van der Waals surface area contributed by atoms with Crippen LogP contribution in [0.3, 0.4) is 0 Å². The highest BCUT2D eigenvalue weighted by Gasteiger charge is 2.16. The minimum absolute atomic E-state index is 0.226. The van der Waals surface area contributed by atoms with Crippen LogP contribution in [0.5, 0.6) is 5.75 Å². The first-order valence-corrected chi connectivity index (χ1v) is 11.0. The number of aryl methyl sites for hydroxylation is 1. The molecule has 0 bridgehead atoms. The molecule has 0 aliphatic carbocycles. The lowest BCUT2D eigenvalue weighted by Gasteiger charge is -2.14. The predicted molar refractivity (Wildman–Crippen MR) is 122 cm³/mol. The SMILES string of the molecule is CCS(=O)Nc1ccc(-c2[nH]nc3c(C)cnc(N)c23)cc1OCc1ccc(F)cc1. The number of benzene rings is 2. The Hall–Kier alpha value is -3.46. The Balaban J connectivity index is 1.73. The van der Waals surface area contributed by atoms with Crippen molar-refractivity contribution >= 4 is 33.4 Å². The Morgan fingerprint density at radius 1 is 1.23 bits per heavy atom.